The van der Waals surface area contributed by atoms with Gasteiger partial charge in [0.05, 0.1) is 0 Å². The van der Waals surface area contributed by atoms with E-state index >= 15 is 0 Å². The molecule has 0 bridgehead atoms. The highest BCUT2D eigenvalue weighted by atomic mass is 14.9. The average molecular weight is 209 g/mol. The van der Waals surface area contributed by atoms with Gasteiger partial charge in [-0.05, 0) is 55.9 Å². The first-order chi connectivity index (χ1) is 7.14. The molecular formula is C14H27N. The van der Waals surface area contributed by atoms with Gasteiger partial charge in [0.1, 0.15) is 0 Å². The van der Waals surface area contributed by atoms with E-state index in [1.165, 1.54) is 45.1 Å². The molecule has 1 nitrogen and oxygen atoms in total. The number of rotatable bonds is 1. The molecule has 4 atom stereocenters. The lowest BCUT2D eigenvalue weighted by Crippen LogP contribution is -2.45. The molecule has 0 aromatic rings. The van der Waals surface area contributed by atoms with Crippen molar-refractivity contribution in [2.24, 2.45) is 17.3 Å². The fourth-order valence-electron chi connectivity index (χ4n) is 3.69. The van der Waals surface area contributed by atoms with Crippen LogP contribution in [0.2, 0.25) is 0 Å². The molecule has 1 N–H and O–H groups in total. The van der Waals surface area contributed by atoms with E-state index in [4.69, 9.17) is 0 Å². The smallest absolute Gasteiger partial charge is 0.0121 e. The molecule has 1 heterocycles. The van der Waals surface area contributed by atoms with Crippen molar-refractivity contribution in [1.29, 1.82) is 0 Å². The first kappa shape index (κ1) is 11.4. The second-order valence-electron chi connectivity index (χ2n) is 6.27. The highest BCUT2D eigenvalue weighted by Gasteiger charge is 2.38. The monoisotopic (exact) mass is 209 g/mol. The van der Waals surface area contributed by atoms with Crippen LogP contribution in [0.1, 0.15) is 59.3 Å². The van der Waals surface area contributed by atoms with Crippen LogP contribution in [0, 0.1) is 17.3 Å². The standard InChI is InChI=1S/C14H27N/c1-4-14(3)8-7-11(2)13-12(10-14)6-5-9-15-13/h11-13,15H,4-10H2,1-3H3. The van der Waals surface area contributed by atoms with Gasteiger partial charge in [-0.15, -0.1) is 0 Å². The summed E-state index contributed by atoms with van der Waals surface area (Å²) in [6.07, 6.45) is 8.57. The molecule has 0 amide bonds. The van der Waals surface area contributed by atoms with Crippen LogP contribution < -0.4 is 5.32 Å². The summed E-state index contributed by atoms with van der Waals surface area (Å²) >= 11 is 0. The summed E-state index contributed by atoms with van der Waals surface area (Å²) in [6, 6.07) is 0.826. The Labute approximate surface area is 95.0 Å². The van der Waals surface area contributed by atoms with Gasteiger partial charge in [-0.1, -0.05) is 27.2 Å². The molecule has 15 heavy (non-hydrogen) atoms. The molecule has 0 radical (unpaired) electrons. The fourth-order valence-corrected chi connectivity index (χ4v) is 3.69. The Kier molecular flexibility index (Phi) is 3.39. The lowest BCUT2D eigenvalue weighted by molar-refractivity contribution is 0.176. The van der Waals surface area contributed by atoms with E-state index < -0.39 is 0 Å². The van der Waals surface area contributed by atoms with Gasteiger partial charge in [0.15, 0.2) is 0 Å². The summed E-state index contributed by atoms with van der Waals surface area (Å²) in [5, 5.41) is 3.77. The number of nitrogens with one attached hydrogen (secondary N) is 1. The van der Waals surface area contributed by atoms with Gasteiger partial charge in [-0.25, -0.2) is 0 Å². The van der Waals surface area contributed by atoms with E-state index in [0.29, 0.717) is 5.41 Å². The second kappa shape index (κ2) is 4.45. The third-order valence-electron chi connectivity index (χ3n) is 5.06. The van der Waals surface area contributed by atoms with Gasteiger partial charge in [0.2, 0.25) is 0 Å². The van der Waals surface area contributed by atoms with E-state index in [9.17, 15) is 0 Å². The Morgan fingerprint density at radius 3 is 2.87 bits per heavy atom. The van der Waals surface area contributed by atoms with Crippen LogP contribution in [0.3, 0.4) is 0 Å². The lowest BCUT2D eigenvalue weighted by Gasteiger charge is -2.37. The molecule has 1 saturated heterocycles. The van der Waals surface area contributed by atoms with Crippen molar-refractivity contribution in [2.75, 3.05) is 6.54 Å². The number of hydrogen-bond acceptors (Lipinski definition) is 1. The molecule has 0 aromatic carbocycles. The Hall–Kier alpha value is -0.0400. The fraction of sp³-hybridized carbons (Fsp3) is 1.00. The summed E-state index contributed by atoms with van der Waals surface area (Å²) in [4.78, 5) is 0. The summed E-state index contributed by atoms with van der Waals surface area (Å²) in [6.45, 7) is 8.60. The van der Waals surface area contributed by atoms with Crippen molar-refractivity contribution < 1.29 is 0 Å². The van der Waals surface area contributed by atoms with Crippen LogP contribution in [0.15, 0.2) is 0 Å². The zero-order valence-electron chi connectivity index (χ0n) is 10.7. The maximum Gasteiger partial charge on any atom is 0.0121 e. The lowest BCUT2D eigenvalue weighted by atomic mass is 9.74. The van der Waals surface area contributed by atoms with Crippen molar-refractivity contribution in [2.45, 2.75) is 65.3 Å². The Bertz CT molecular complexity index is 213. The summed E-state index contributed by atoms with van der Waals surface area (Å²) in [7, 11) is 0. The Morgan fingerprint density at radius 1 is 1.33 bits per heavy atom. The third kappa shape index (κ3) is 2.38. The molecule has 88 valence electrons. The van der Waals surface area contributed by atoms with Gasteiger partial charge in [-0.3, -0.25) is 0 Å². The summed E-state index contributed by atoms with van der Waals surface area (Å²) < 4.78 is 0. The third-order valence-corrected chi connectivity index (χ3v) is 5.06. The minimum Gasteiger partial charge on any atom is -0.313 e. The second-order valence-corrected chi connectivity index (χ2v) is 6.27. The van der Waals surface area contributed by atoms with E-state index in [0.717, 1.165) is 17.9 Å². The maximum absolute atomic E-state index is 3.77. The van der Waals surface area contributed by atoms with Crippen molar-refractivity contribution in [1.82, 2.24) is 5.32 Å². The largest absolute Gasteiger partial charge is 0.313 e. The number of fused-ring (bicyclic) bond motifs is 1. The first-order valence-corrected chi connectivity index (χ1v) is 6.88. The molecular weight excluding hydrogens is 182 g/mol. The molecule has 1 saturated carbocycles. The maximum atomic E-state index is 3.77. The van der Waals surface area contributed by atoms with Crippen LogP contribution in [0.5, 0.6) is 0 Å². The molecule has 1 heteroatoms. The van der Waals surface area contributed by atoms with Crippen LogP contribution in [-0.2, 0) is 0 Å². The topological polar surface area (TPSA) is 12.0 Å². The van der Waals surface area contributed by atoms with Gasteiger partial charge < -0.3 is 5.32 Å². The van der Waals surface area contributed by atoms with Crippen molar-refractivity contribution in [3.05, 3.63) is 0 Å². The van der Waals surface area contributed by atoms with Crippen molar-refractivity contribution in [3.8, 4) is 0 Å². The molecule has 2 rings (SSSR count). The Morgan fingerprint density at radius 2 is 2.13 bits per heavy atom. The first-order valence-electron chi connectivity index (χ1n) is 6.88. The molecule has 2 fully saturated rings. The van der Waals surface area contributed by atoms with E-state index in [1.54, 1.807) is 0 Å². The minimum absolute atomic E-state index is 0.632. The summed E-state index contributed by atoms with van der Waals surface area (Å²) in [5.41, 5.74) is 0.632. The normalized spacial score (nSPS) is 47.0. The molecule has 0 spiro atoms. The van der Waals surface area contributed by atoms with Crippen LogP contribution >= 0.6 is 0 Å². The molecule has 1 aliphatic heterocycles. The summed E-state index contributed by atoms with van der Waals surface area (Å²) in [5.74, 6) is 1.85. The van der Waals surface area contributed by atoms with Crippen molar-refractivity contribution in [3.63, 3.8) is 0 Å². The highest BCUT2D eigenvalue weighted by Crippen LogP contribution is 2.44. The zero-order chi connectivity index (χ0) is 10.9. The highest BCUT2D eigenvalue weighted by molar-refractivity contribution is 4.92. The molecule has 1 aliphatic carbocycles. The minimum atomic E-state index is 0.632. The van der Waals surface area contributed by atoms with Gasteiger partial charge >= 0.3 is 0 Å². The predicted molar refractivity (Wildman–Crippen MR) is 65.9 cm³/mol. The number of hydrogen-bond donors (Lipinski definition) is 1. The van der Waals surface area contributed by atoms with E-state index in [2.05, 4.69) is 26.1 Å². The molecule has 2 aliphatic rings. The van der Waals surface area contributed by atoms with Gasteiger partial charge in [0.25, 0.3) is 0 Å². The van der Waals surface area contributed by atoms with E-state index in [1.807, 2.05) is 0 Å². The Balaban J connectivity index is 2.11. The van der Waals surface area contributed by atoms with Crippen molar-refractivity contribution >= 4 is 0 Å². The van der Waals surface area contributed by atoms with Crippen LogP contribution in [-0.4, -0.2) is 12.6 Å². The molecule has 0 aromatic heterocycles. The number of piperidine rings is 1. The quantitative estimate of drug-likeness (QED) is 0.696. The van der Waals surface area contributed by atoms with Gasteiger partial charge in [0, 0.05) is 6.04 Å². The van der Waals surface area contributed by atoms with Gasteiger partial charge in [-0.2, -0.15) is 0 Å². The average Bonchev–Trinajstić information content (AvgIpc) is 2.38. The molecule has 4 unspecified atom stereocenters. The zero-order valence-corrected chi connectivity index (χ0v) is 10.7. The van der Waals surface area contributed by atoms with Crippen LogP contribution in [0.25, 0.3) is 0 Å². The predicted octanol–water partition coefficient (Wildman–Crippen LogP) is 3.59. The SMILES string of the molecule is CCC1(C)CCC(C)C2NCCCC2C1. The van der Waals surface area contributed by atoms with Crippen LogP contribution in [0.4, 0.5) is 0 Å². The van der Waals surface area contributed by atoms with E-state index in [-0.39, 0.29) is 0 Å².